The molecule has 0 radical (unpaired) electrons. The van der Waals surface area contributed by atoms with E-state index in [0.717, 1.165) is 19.4 Å². The van der Waals surface area contributed by atoms with Gasteiger partial charge in [-0.25, -0.2) is 0 Å². The predicted octanol–water partition coefficient (Wildman–Crippen LogP) is 3.83. The molecule has 1 rings (SSSR count). The zero-order valence-electron chi connectivity index (χ0n) is 9.59. The fourth-order valence-corrected chi connectivity index (χ4v) is 2.68. The summed E-state index contributed by atoms with van der Waals surface area (Å²) in [6.45, 7) is 0.752. The summed E-state index contributed by atoms with van der Waals surface area (Å²) in [6, 6.07) is 10.3. The largest absolute Gasteiger partial charge is 0.385 e. The molecule has 3 heteroatoms. The molecule has 0 aliphatic carbocycles. The molecule has 0 saturated heterocycles. The van der Waals surface area contributed by atoms with Gasteiger partial charge in [0.05, 0.1) is 0 Å². The van der Waals surface area contributed by atoms with Crippen LogP contribution in [0.2, 0.25) is 0 Å². The third-order valence-corrected chi connectivity index (χ3v) is 3.92. The van der Waals surface area contributed by atoms with E-state index in [0.29, 0.717) is 11.8 Å². The topological polar surface area (TPSA) is 9.23 Å². The minimum Gasteiger partial charge on any atom is -0.385 e. The summed E-state index contributed by atoms with van der Waals surface area (Å²) in [5.74, 6) is 1.09. The van der Waals surface area contributed by atoms with Crippen LogP contribution in [-0.2, 0) is 10.2 Å². The van der Waals surface area contributed by atoms with Crippen LogP contribution < -0.4 is 0 Å². The van der Waals surface area contributed by atoms with Crippen LogP contribution in [-0.4, -0.2) is 25.5 Å². The standard InChI is InChI=1S/C13H18Cl2O/c1-16-9-5-8-13(10-14,11-15)12-6-3-2-4-7-12/h2-4,6-7H,5,8-11H2,1H3. The normalized spacial score (nSPS) is 11.7. The lowest BCUT2D eigenvalue weighted by Gasteiger charge is -2.30. The summed E-state index contributed by atoms with van der Waals surface area (Å²) in [6.07, 6.45) is 1.93. The van der Waals surface area contributed by atoms with Gasteiger partial charge >= 0.3 is 0 Å². The maximum Gasteiger partial charge on any atom is 0.0462 e. The summed E-state index contributed by atoms with van der Waals surface area (Å²) in [5.41, 5.74) is 1.10. The van der Waals surface area contributed by atoms with Gasteiger partial charge in [0.1, 0.15) is 0 Å². The molecule has 1 aromatic rings. The van der Waals surface area contributed by atoms with Gasteiger partial charge in [-0.1, -0.05) is 30.3 Å². The van der Waals surface area contributed by atoms with Crippen LogP contribution in [0.4, 0.5) is 0 Å². The SMILES string of the molecule is COCCCC(CCl)(CCl)c1ccccc1. The summed E-state index contributed by atoms with van der Waals surface area (Å²) in [4.78, 5) is 0. The molecule has 0 aliphatic rings. The Morgan fingerprint density at radius 3 is 2.25 bits per heavy atom. The maximum absolute atomic E-state index is 6.11. The lowest BCUT2D eigenvalue weighted by molar-refractivity contribution is 0.186. The van der Waals surface area contributed by atoms with E-state index in [9.17, 15) is 0 Å². The van der Waals surface area contributed by atoms with Crippen LogP contribution in [0.1, 0.15) is 18.4 Å². The van der Waals surface area contributed by atoms with Crippen molar-refractivity contribution in [1.29, 1.82) is 0 Å². The van der Waals surface area contributed by atoms with E-state index in [1.54, 1.807) is 7.11 Å². The Morgan fingerprint density at radius 2 is 1.75 bits per heavy atom. The number of alkyl halides is 2. The van der Waals surface area contributed by atoms with Crippen molar-refractivity contribution in [3.05, 3.63) is 35.9 Å². The van der Waals surface area contributed by atoms with Gasteiger partial charge in [-0.05, 0) is 18.4 Å². The number of benzene rings is 1. The second-order valence-corrected chi connectivity index (χ2v) is 4.54. The highest BCUT2D eigenvalue weighted by Gasteiger charge is 2.29. The van der Waals surface area contributed by atoms with Crippen molar-refractivity contribution < 1.29 is 4.74 Å². The van der Waals surface area contributed by atoms with Gasteiger partial charge in [-0.15, -0.1) is 23.2 Å². The zero-order chi connectivity index (χ0) is 11.9. The molecule has 0 N–H and O–H groups in total. The summed E-state index contributed by atoms with van der Waals surface area (Å²) < 4.78 is 5.08. The smallest absolute Gasteiger partial charge is 0.0462 e. The Labute approximate surface area is 108 Å². The number of hydrogen-bond donors (Lipinski definition) is 0. The molecule has 0 amide bonds. The third kappa shape index (κ3) is 3.38. The van der Waals surface area contributed by atoms with Gasteiger partial charge in [0.25, 0.3) is 0 Å². The van der Waals surface area contributed by atoms with Crippen LogP contribution in [0.5, 0.6) is 0 Å². The molecule has 0 spiro atoms. The molecule has 0 fully saturated rings. The van der Waals surface area contributed by atoms with E-state index in [1.165, 1.54) is 5.56 Å². The summed E-state index contributed by atoms with van der Waals surface area (Å²) >= 11 is 12.2. The van der Waals surface area contributed by atoms with Gasteiger partial charge in [-0.2, -0.15) is 0 Å². The first-order chi connectivity index (χ1) is 7.79. The van der Waals surface area contributed by atoms with Gasteiger partial charge in [0, 0.05) is 30.9 Å². The van der Waals surface area contributed by atoms with E-state index in [4.69, 9.17) is 27.9 Å². The van der Waals surface area contributed by atoms with Crippen molar-refractivity contribution >= 4 is 23.2 Å². The lowest BCUT2D eigenvalue weighted by Crippen LogP contribution is -2.31. The van der Waals surface area contributed by atoms with Crippen LogP contribution in [0.25, 0.3) is 0 Å². The van der Waals surface area contributed by atoms with E-state index in [-0.39, 0.29) is 5.41 Å². The quantitative estimate of drug-likeness (QED) is 0.535. The number of rotatable bonds is 7. The van der Waals surface area contributed by atoms with Crippen LogP contribution in [0.15, 0.2) is 30.3 Å². The summed E-state index contributed by atoms with van der Waals surface area (Å²) in [5, 5.41) is 0. The Kier molecular flexibility index (Phi) is 6.18. The molecular weight excluding hydrogens is 243 g/mol. The van der Waals surface area contributed by atoms with Crippen LogP contribution >= 0.6 is 23.2 Å². The Hall–Kier alpha value is -0.240. The maximum atomic E-state index is 6.11. The Bertz CT molecular complexity index is 283. The predicted molar refractivity (Wildman–Crippen MR) is 70.7 cm³/mol. The second kappa shape index (κ2) is 7.16. The average Bonchev–Trinajstić information content (AvgIpc) is 2.36. The molecule has 90 valence electrons. The van der Waals surface area contributed by atoms with E-state index in [2.05, 4.69) is 12.1 Å². The summed E-state index contributed by atoms with van der Waals surface area (Å²) in [7, 11) is 1.71. The molecule has 0 aliphatic heterocycles. The molecule has 0 aromatic heterocycles. The fourth-order valence-electron chi connectivity index (χ4n) is 1.81. The zero-order valence-corrected chi connectivity index (χ0v) is 11.1. The van der Waals surface area contributed by atoms with Crippen molar-refractivity contribution in [3.63, 3.8) is 0 Å². The van der Waals surface area contributed by atoms with Gasteiger partial charge < -0.3 is 4.74 Å². The van der Waals surface area contributed by atoms with Crippen molar-refractivity contribution in [2.45, 2.75) is 18.3 Å². The highest BCUT2D eigenvalue weighted by atomic mass is 35.5. The van der Waals surface area contributed by atoms with E-state index in [1.807, 2.05) is 18.2 Å². The number of hydrogen-bond acceptors (Lipinski definition) is 1. The Balaban J connectivity index is 2.79. The average molecular weight is 261 g/mol. The second-order valence-electron chi connectivity index (χ2n) is 4.01. The third-order valence-electron chi connectivity index (χ3n) is 2.90. The minimum atomic E-state index is -0.122. The number of halogens is 2. The van der Waals surface area contributed by atoms with Gasteiger partial charge in [-0.3, -0.25) is 0 Å². The fraction of sp³-hybridized carbons (Fsp3) is 0.538. The lowest BCUT2D eigenvalue weighted by atomic mass is 9.80. The molecule has 0 heterocycles. The first-order valence-corrected chi connectivity index (χ1v) is 6.52. The molecular formula is C13H18Cl2O. The minimum absolute atomic E-state index is 0.122. The van der Waals surface area contributed by atoms with Crippen molar-refractivity contribution in [2.75, 3.05) is 25.5 Å². The highest BCUT2D eigenvalue weighted by molar-refractivity contribution is 6.22. The van der Waals surface area contributed by atoms with Crippen molar-refractivity contribution in [3.8, 4) is 0 Å². The van der Waals surface area contributed by atoms with Crippen LogP contribution in [0, 0.1) is 0 Å². The molecule has 16 heavy (non-hydrogen) atoms. The first-order valence-electron chi connectivity index (χ1n) is 5.45. The highest BCUT2D eigenvalue weighted by Crippen LogP contribution is 2.32. The van der Waals surface area contributed by atoms with Gasteiger partial charge in [0.15, 0.2) is 0 Å². The first kappa shape index (κ1) is 13.8. The van der Waals surface area contributed by atoms with Crippen molar-refractivity contribution in [1.82, 2.24) is 0 Å². The monoisotopic (exact) mass is 260 g/mol. The molecule has 1 nitrogen and oxygen atoms in total. The molecule has 1 aromatic carbocycles. The molecule has 0 unspecified atom stereocenters. The number of ether oxygens (including phenoxy) is 1. The molecule has 0 bridgehead atoms. The van der Waals surface area contributed by atoms with Gasteiger partial charge in [0.2, 0.25) is 0 Å². The number of methoxy groups -OCH3 is 1. The van der Waals surface area contributed by atoms with Crippen molar-refractivity contribution in [2.24, 2.45) is 0 Å². The molecule has 0 saturated carbocycles. The van der Waals surface area contributed by atoms with Crippen LogP contribution in [0.3, 0.4) is 0 Å². The Morgan fingerprint density at radius 1 is 1.12 bits per heavy atom. The van der Waals surface area contributed by atoms with E-state index >= 15 is 0 Å². The van der Waals surface area contributed by atoms with E-state index < -0.39 is 0 Å². The molecule has 0 atom stereocenters.